The van der Waals surface area contributed by atoms with Gasteiger partial charge in [-0.15, -0.1) is 0 Å². The van der Waals surface area contributed by atoms with Crippen molar-refractivity contribution in [2.45, 2.75) is 46.1 Å². The van der Waals surface area contributed by atoms with E-state index >= 15 is 0 Å². The van der Waals surface area contributed by atoms with Crippen LogP contribution >= 0.6 is 0 Å². The van der Waals surface area contributed by atoms with Gasteiger partial charge in [0.15, 0.2) is 0 Å². The molecule has 1 amide bonds. The van der Waals surface area contributed by atoms with E-state index in [9.17, 15) is 9.59 Å². The molecule has 0 fully saturated rings. The Morgan fingerprint density at radius 3 is 2.44 bits per heavy atom. The first-order valence-electron chi connectivity index (χ1n) is 13.3. The maximum absolute atomic E-state index is 12.4. The van der Waals surface area contributed by atoms with Crippen LogP contribution in [0.4, 0.5) is 5.69 Å². The largest absolute Gasteiger partial charge is 0.466 e. The molecular formula is C31H34N4O4. The van der Waals surface area contributed by atoms with Crippen molar-refractivity contribution in [3.05, 3.63) is 89.5 Å². The van der Waals surface area contributed by atoms with Crippen molar-refractivity contribution >= 4 is 17.6 Å². The Morgan fingerprint density at radius 1 is 0.974 bits per heavy atom. The van der Waals surface area contributed by atoms with Crippen LogP contribution in [0, 0.1) is 6.92 Å². The Hall–Kier alpha value is -4.46. The molecule has 8 nitrogen and oxygen atoms in total. The molecule has 0 bridgehead atoms. The predicted molar refractivity (Wildman–Crippen MR) is 151 cm³/mol. The molecule has 0 saturated carbocycles. The summed E-state index contributed by atoms with van der Waals surface area (Å²) in [5, 5.41) is 10.6. The Bertz CT molecular complexity index is 1380. The molecule has 0 aliphatic carbocycles. The number of esters is 1. The average molecular weight is 527 g/mol. The van der Waals surface area contributed by atoms with E-state index < -0.39 is 0 Å². The maximum atomic E-state index is 12.4. The molecule has 3 aromatic carbocycles. The number of aromatic nitrogens is 2. The molecule has 39 heavy (non-hydrogen) atoms. The van der Waals surface area contributed by atoms with Crippen LogP contribution in [0.15, 0.2) is 77.3 Å². The second kappa shape index (κ2) is 13.4. The summed E-state index contributed by atoms with van der Waals surface area (Å²) >= 11 is 0. The standard InChI is InChI=1S/C31H34N4O4/c1-4-9-27(33-25-15-12-22(13-16-25)30(37)32-19-18-28(36)38-5-2)26-17-14-24(20-21(26)3)29-34-31(39-35-29)23-10-7-6-8-11-23/h6-8,10-17,20,27,33H,4-5,9,18-19H2,1-3H3,(H,32,37)/t27-/m0/s1. The van der Waals surface area contributed by atoms with Crippen LogP contribution in [-0.2, 0) is 9.53 Å². The zero-order valence-electron chi connectivity index (χ0n) is 22.6. The van der Waals surface area contributed by atoms with Crippen LogP contribution in [0.5, 0.6) is 0 Å². The molecule has 4 aromatic rings. The summed E-state index contributed by atoms with van der Waals surface area (Å²) < 4.78 is 10.4. The van der Waals surface area contributed by atoms with Gasteiger partial charge in [0, 0.05) is 28.9 Å². The number of hydrogen-bond acceptors (Lipinski definition) is 7. The number of nitrogens with one attached hydrogen (secondary N) is 2. The van der Waals surface area contributed by atoms with Crippen molar-refractivity contribution < 1.29 is 18.8 Å². The van der Waals surface area contributed by atoms with Crippen LogP contribution in [0.1, 0.15) is 60.6 Å². The summed E-state index contributed by atoms with van der Waals surface area (Å²) in [4.78, 5) is 28.5. The topological polar surface area (TPSA) is 106 Å². The molecule has 0 spiro atoms. The van der Waals surface area contributed by atoms with Gasteiger partial charge < -0.3 is 19.9 Å². The highest BCUT2D eigenvalue weighted by atomic mass is 16.5. The molecular weight excluding hydrogens is 492 g/mol. The van der Waals surface area contributed by atoms with Crippen LogP contribution in [0.25, 0.3) is 22.8 Å². The first kappa shape index (κ1) is 27.6. The van der Waals surface area contributed by atoms with E-state index in [1.165, 1.54) is 5.56 Å². The van der Waals surface area contributed by atoms with E-state index in [1.54, 1.807) is 19.1 Å². The highest BCUT2D eigenvalue weighted by Gasteiger charge is 2.17. The lowest BCUT2D eigenvalue weighted by Gasteiger charge is -2.22. The number of carbonyl (C=O) groups excluding carboxylic acids is 2. The van der Waals surface area contributed by atoms with Gasteiger partial charge in [-0.1, -0.05) is 48.8 Å². The van der Waals surface area contributed by atoms with Crippen LogP contribution in [0.2, 0.25) is 0 Å². The third-order valence-corrected chi connectivity index (χ3v) is 6.34. The van der Waals surface area contributed by atoms with E-state index in [2.05, 4.69) is 46.8 Å². The molecule has 202 valence electrons. The smallest absolute Gasteiger partial charge is 0.307 e. The third-order valence-electron chi connectivity index (χ3n) is 6.34. The summed E-state index contributed by atoms with van der Waals surface area (Å²) in [6.07, 6.45) is 2.10. The first-order chi connectivity index (χ1) is 19.0. The number of rotatable bonds is 12. The van der Waals surface area contributed by atoms with Crippen molar-refractivity contribution in [1.82, 2.24) is 15.5 Å². The second-order valence-corrected chi connectivity index (χ2v) is 9.23. The molecule has 1 heterocycles. The molecule has 2 N–H and O–H groups in total. The summed E-state index contributed by atoms with van der Waals surface area (Å²) in [5.74, 6) is 0.504. The summed E-state index contributed by atoms with van der Waals surface area (Å²) in [7, 11) is 0. The maximum Gasteiger partial charge on any atom is 0.307 e. The number of ether oxygens (including phenoxy) is 1. The fourth-order valence-electron chi connectivity index (χ4n) is 4.37. The quantitative estimate of drug-likeness (QED) is 0.207. The monoisotopic (exact) mass is 526 g/mol. The minimum atomic E-state index is -0.322. The molecule has 0 unspecified atom stereocenters. The number of nitrogens with zero attached hydrogens (tertiary/aromatic N) is 2. The van der Waals surface area contributed by atoms with Gasteiger partial charge >= 0.3 is 5.97 Å². The molecule has 0 aliphatic heterocycles. The molecule has 4 rings (SSSR count). The lowest BCUT2D eigenvalue weighted by atomic mass is 9.95. The minimum Gasteiger partial charge on any atom is -0.466 e. The molecule has 1 aromatic heterocycles. The second-order valence-electron chi connectivity index (χ2n) is 9.23. The van der Waals surface area contributed by atoms with Gasteiger partial charge in [0.05, 0.1) is 19.1 Å². The number of amides is 1. The van der Waals surface area contributed by atoms with Crippen LogP contribution in [0.3, 0.4) is 0 Å². The van der Waals surface area contributed by atoms with E-state index in [0.29, 0.717) is 23.9 Å². The van der Waals surface area contributed by atoms with Gasteiger partial charge in [-0.3, -0.25) is 9.59 Å². The highest BCUT2D eigenvalue weighted by molar-refractivity contribution is 5.94. The van der Waals surface area contributed by atoms with E-state index in [4.69, 9.17) is 9.26 Å². The Kier molecular flexibility index (Phi) is 9.45. The fourth-order valence-corrected chi connectivity index (χ4v) is 4.37. The zero-order chi connectivity index (χ0) is 27.6. The Balaban J connectivity index is 1.42. The van der Waals surface area contributed by atoms with Gasteiger partial charge in [0.1, 0.15) is 0 Å². The van der Waals surface area contributed by atoms with Crippen molar-refractivity contribution in [2.24, 2.45) is 0 Å². The first-order valence-corrected chi connectivity index (χ1v) is 13.3. The van der Waals surface area contributed by atoms with Crippen molar-refractivity contribution in [3.8, 4) is 22.8 Å². The van der Waals surface area contributed by atoms with Gasteiger partial charge in [-0.2, -0.15) is 4.98 Å². The number of benzene rings is 3. The lowest BCUT2D eigenvalue weighted by Crippen LogP contribution is -2.26. The van der Waals surface area contributed by atoms with Gasteiger partial charge in [0.2, 0.25) is 5.82 Å². The predicted octanol–water partition coefficient (Wildman–Crippen LogP) is 6.35. The fraction of sp³-hybridized carbons (Fsp3) is 0.290. The minimum absolute atomic E-state index is 0.0958. The Labute approximate surface area is 228 Å². The van der Waals surface area contributed by atoms with E-state index in [0.717, 1.165) is 35.2 Å². The lowest BCUT2D eigenvalue weighted by molar-refractivity contribution is -0.142. The van der Waals surface area contributed by atoms with Crippen LogP contribution in [-0.4, -0.2) is 35.2 Å². The van der Waals surface area contributed by atoms with Gasteiger partial charge in [0.25, 0.3) is 11.8 Å². The van der Waals surface area contributed by atoms with E-state index in [-0.39, 0.29) is 30.9 Å². The summed E-state index contributed by atoms with van der Waals surface area (Å²) in [5.41, 5.74) is 5.56. The molecule has 0 radical (unpaired) electrons. The van der Waals surface area contributed by atoms with Crippen LogP contribution < -0.4 is 10.6 Å². The summed E-state index contributed by atoms with van der Waals surface area (Å²) in [6.45, 7) is 6.57. The molecule has 0 aliphatic rings. The summed E-state index contributed by atoms with van der Waals surface area (Å²) in [6, 6.07) is 23.4. The average Bonchev–Trinajstić information content (AvgIpc) is 3.44. The van der Waals surface area contributed by atoms with Gasteiger partial charge in [-0.05, 0) is 73.9 Å². The highest BCUT2D eigenvalue weighted by Crippen LogP contribution is 2.30. The number of hydrogen-bond donors (Lipinski definition) is 2. The van der Waals surface area contributed by atoms with E-state index in [1.807, 2.05) is 48.5 Å². The third kappa shape index (κ3) is 7.31. The van der Waals surface area contributed by atoms with Crippen molar-refractivity contribution in [1.29, 1.82) is 0 Å². The van der Waals surface area contributed by atoms with Crippen molar-refractivity contribution in [3.63, 3.8) is 0 Å². The zero-order valence-corrected chi connectivity index (χ0v) is 22.6. The SMILES string of the molecule is CCC[C@H](Nc1ccc(C(=O)NCCC(=O)OCC)cc1)c1ccc(-c2noc(-c3ccccc3)n2)cc1C. The molecule has 1 atom stereocenters. The Morgan fingerprint density at radius 2 is 1.74 bits per heavy atom. The molecule has 8 heteroatoms. The normalized spacial score (nSPS) is 11.6. The number of anilines is 1. The molecule has 0 saturated heterocycles. The van der Waals surface area contributed by atoms with Crippen molar-refractivity contribution in [2.75, 3.05) is 18.5 Å². The number of aryl methyl sites for hydroxylation is 1. The van der Waals surface area contributed by atoms with Gasteiger partial charge in [-0.25, -0.2) is 0 Å². The number of carbonyl (C=O) groups is 2.